The minimum atomic E-state index is -4.75. The largest absolute Gasteiger partial charge is 0.475 e. The first-order valence-electron chi connectivity index (χ1n) is 11.1. The van der Waals surface area contributed by atoms with E-state index in [4.69, 9.17) is 22.1 Å². The number of halogens is 4. The van der Waals surface area contributed by atoms with Crippen LogP contribution in [0.25, 0.3) is 5.65 Å². The Morgan fingerprint density at radius 3 is 2.50 bits per heavy atom. The smallest absolute Gasteiger partial charge is 0.417 e. The predicted octanol–water partition coefficient (Wildman–Crippen LogP) is 3.51. The zero-order valence-electron chi connectivity index (χ0n) is 20.3. The molecule has 1 saturated heterocycles. The van der Waals surface area contributed by atoms with Gasteiger partial charge in [-0.05, 0) is 51.2 Å². The molecule has 1 aromatic carbocycles. The summed E-state index contributed by atoms with van der Waals surface area (Å²) in [4.78, 5) is 32.2. The first-order valence-corrected chi connectivity index (χ1v) is 11.5. The summed E-state index contributed by atoms with van der Waals surface area (Å²) in [5.74, 6) is 3.03. The van der Waals surface area contributed by atoms with Gasteiger partial charge in [0.25, 0.3) is 11.5 Å². The Kier molecular flexibility index (Phi) is 6.90. The van der Waals surface area contributed by atoms with Gasteiger partial charge in [-0.3, -0.25) is 18.9 Å². The van der Waals surface area contributed by atoms with Crippen molar-refractivity contribution in [2.24, 2.45) is 0 Å². The van der Waals surface area contributed by atoms with Crippen molar-refractivity contribution in [2.45, 2.75) is 32.5 Å². The van der Waals surface area contributed by atoms with E-state index in [1.54, 1.807) is 0 Å². The molecule has 13 heteroatoms. The number of aliphatic hydroxyl groups excluding tert-OH is 1. The minimum Gasteiger partial charge on any atom is -0.475 e. The third-order valence-electron chi connectivity index (χ3n) is 5.77. The normalized spacial score (nSPS) is 15.2. The molecule has 0 bridgehead atoms. The number of pyridine rings is 1. The number of carbonyl (C=O) groups is 1. The summed E-state index contributed by atoms with van der Waals surface area (Å²) in [5.41, 5.74) is -3.99. The van der Waals surface area contributed by atoms with Gasteiger partial charge in [-0.25, -0.2) is 4.39 Å². The highest BCUT2D eigenvalue weighted by atomic mass is 32.1. The average Bonchev–Trinajstić information content (AvgIpc) is 3.01. The van der Waals surface area contributed by atoms with E-state index >= 15 is 4.39 Å². The third-order valence-corrected chi connectivity index (χ3v) is 6.14. The van der Waals surface area contributed by atoms with Gasteiger partial charge in [-0.15, -0.1) is 5.92 Å². The molecule has 0 spiro atoms. The maximum Gasteiger partial charge on any atom is 0.417 e. The van der Waals surface area contributed by atoms with Crippen LogP contribution in [0.4, 0.5) is 28.9 Å². The van der Waals surface area contributed by atoms with Crippen LogP contribution in [0, 0.1) is 17.7 Å². The standard InChI is InChI=1S/C25H20F4N4O4S/c1-4-5-14-6-7-15(10-17(14)25(27,28)29)32-22(36)24(2,3)33(23(32)38)16-11-18(26)21-30-19(37-9-8-34)12-20(35)31(21)13-16/h6-7,10-13,34H,8-9H2,1-3H3. The van der Waals surface area contributed by atoms with Gasteiger partial charge in [0.2, 0.25) is 5.88 Å². The molecule has 1 fully saturated rings. The summed E-state index contributed by atoms with van der Waals surface area (Å²) in [6.07, 6.45) is -3.53. The fraction of sp³-hybridized carbons (Fsp3) is 0.280. The van der Waals surface area contributed by atoms with E-state index in [-0.39, 0.29) is 46.8 Å². The first-order chi connectivity index (χ1) is 17.8. The SMILES string of the molecule is CC#Cc1ccc(N2C(=O)C(C)(C)N(c3cc(F)c4nc(OCCO)cc(=O)n4c3)C2=S)cc1C(F)(F)F. The number of rotatable bonds is 5. The summed E-state index contributed by atoms with van der Waals surface area (Å²) in [5, 5.41) is 8.68. The quantitative estimate of drug-likeness (QED) is 0.297. The summed E-state index contributed by atoms with van der Waals surface area (Å²) < 4.78 is 62.4. The zero-order valence-corrected chi connectivity index (χ0v) is 21.1. The molecule has 1 aliphatic rings. The number of amides is 1. The topological polar surface area (TPSA) is 87.4 Å². The van der Waals surface area contributed by atoms with E-state index < -0.39 is 34.6 Å². The Morgan fingerprint density at radius 2 is 1.87 bits per heavy atom. The number of alkyl halides is 3. The van der Waals surface area contributed by atoms with Crippen LogP contribution < -0.4 is 20.1 Å². The molecule has 8 nitrogen and oxygen atoms in total. The number of fused-ring (bicyclic) bond motifs is 1. The molecule has 2 aromatic heterocycles. The number of thiocarbonyl (C=S) groups is 1. The minimum absolute atomic E-state index is 0.00158. The highest BCUT2D eigenvalue weighted by Crippen LogP contribution is 2.39. The fourth-order valence-corrected chi connectivity index (χ4v) is 4.60. The summed E-state index contributed by atoms with van der Waals surface area (Å²) in [6, 6.07) is 5.23. The first kappa shape index (κ1) is 27.0. The third kappa shape index (κ3) is 4.57. The molecule has 1 aliphatic heterocycles. The van der Waals surface area contributed by atoms with E-state index in [9.17, 15) is 22.8 Å². The molecule has 38 heavy (non-hydrogen) atoms. The molecule has 0 saturated carbocycles. The Labute approximate surface area is 219 Å². The van der Waals surface area contributed by atoms with Crippen LogP contribution >= 0.6 is 12.2 Å². The van der Waals surface area contributed by atoms with Gasteiger partial charge in [0.15, 0.2) is 16.6 Å². The monoisotopic (exact) mass is 548 g/mol. The van der Waals surface area contributed by atoms with E-state index in [2.05, 4.69) is 16.8 Å². The summed E-state index contributed by atoms with van der Waals surface area (Å²) in [7, 11) is 0. The number of carbonyl (C=O) groups excluding carboxylic acids is 1. The number of ether oxygens (including phenoxy) is 1. The van der Waals surface area contributed by atoms with E-state index in [0.717, 1.165) is 33.6 Å². The van der Waals surface area contributed by atoms with Gasteiger partial charge in [0.1, 0.15) is 12.1 Å². The lowest BCUT2D eigenvalue weighted by Crippen LogP contribution is -2.44. The van der Waals surface area contributed by atoms with E-state index in [0.29, 0.717) is 0 Å². The molecule has 3 heterocycles. The van der Waals surface area contributed by atoms with Crippen LogP contribution in [0.2, 0.25) is 0 Å². The summed E-state index contributed by atoms with van der Waals surface area (Å²) in [6.45, 7) is 3.85. The molecule has 1 N–H and O–H groups in total. The van der Waals surface area contributed by atoms with Crippen LogP contribution in [0.15, 0.2) is 41.3 Å². The molecular formula is C25H20F4N4O4S. The van der Waals surface area contributed by atoms with Gasteiger partial charge < -0.3 is 14.7 Å². The molecule has 0 aliphatic carbocycles. The molecule has 0 atom stereocenters. The van der Waals surface area contributed by atoms with Crippen molar-refractivity contribution in [3.05, 3.63) is 63.8 Å². The Bertz CT molecular complexity index is 1590. The number of benzene rings is 1. The Morgan fingerprint density at radius 1 is 1.16 bits per heavy atom. The van der Waals surface area contributed by atoms with Crippen LogP contribution in [-0.2, 0) is 11.0 Å². The van der Waals surface area contributed by atoms with Crippen molar-refractivity contribution in [3.63, 3.8) is 0 Å². The van der Waals surface area contributed by atoms with Crippen molar-refractivity contribution in [1.82, 2.24) is 9.38 Å². The van der Waals surface area contributed by atoms with Gasteiger partial charge >= 0.3 is 6.18 Å². The Hall–Kier alpha value is -4.02. The number of aromatic nitrogens is 2. The second kappa shape index (κ2) is 9.70. The van der Waals surface area contributed by atoms with Gasteiger partial charge in [0, 0.05) is 17.8 Å². The van der Waals surface area contributed by atoms with E-state index in [1.165, 1.54) is 37.9 Å². The summed E-state index contributed by atoms with van der Waals surface area (Å²) >= 11 is 5.49. The maximum absolute atomic E-state index is 15.1. The number of anilines is 2. The lowest BCUT2D eigenvalue weighted by atomic mass is 10.0. The molecule has 4 rings (SSSR count). The lowest BCUT2D eigenvalue weighted by molar-refractivity contribution is -0.137. The van der Waals surface area contributed by atoms with E-state index in [1.807, 2.05) is 0 Å². The number of nitrogens with zero attached hydrogens (tertiary/aromatic N) is 4. The molecule has 1 amide bonds. The lowest BCUT2D eigenvalue weighted by Gasteiger charge is -2.29. The van der Waals surface area contributed by atoms with Crippen molar-refractivity contribution in [3.8, 4) is 17.7 Å². The van der Waals surface area contributed by atoms with Gasteiger partial charge in [-0.1, -0.05) is 5.92 Å². The molecule has 3 aromatic rings. The molecule has 198 valence electrons. The number of hydrogen-bond donors (Lipinski definition) is 1. The highest BCUT2D eigenvalue weighted by Gasteiger charge is 2.51. The van der Waals surface area contributed by atoms with Gasteiger partial charge in [-0.2, -0.15) is 18.2 Å². The fourth-order valence-electron chi connectivity index (χ4n) is 4.08. The van der Waals surface area contributed by atoms with Crippen LogP contribution in [0.1, 0.15) is 31.9 Å². The maximum atomic E-state index is 15.1. The van der Waals surface area contributed by atoms with Gasteiger partial charge in [0.05, 0.1) is 29.6 Å². The molecular weight excluding hydrogens is 528 g/mol. The number of aliphatic hydroxyl groups is 1. The second-order valence-electron chi connectivity index (χ2n) is 8.66. The Balaban J connectivity index is 1.82. The van der Waals surface area contributed by atoms with Crippen LogP contribution in [0.3, 0.4) is 0 Å². The number of hydrogen-bond acceptors (Lipinski definition) is 6. The second-order valence-corrected chi connectivity index (χ2v) is 9.03. The van der Waals surface area contributed by atoms with Crippen molar-refractivity contribution in [1.29, 1.82) is 0 Å². The van der Waals surface area contributed by atoms with Crippen molar-refractivity contribution >= 4 is 40.3 Å². The predicted molar refractivity (Wildman–Crippen MR) is 135 cm³/mol. The highest BCUT2D eigenvalue weighted by molar-refractivity contribution is 7.81. The molecule has 0 radical (unpaired) electrons. The van der Waals surface area contributed by atoms with Crippen LogP contribution in [-0.4, -0.2) is 44.3 Å². The zero-order chi connectivity index (χ0) is 28.0. The average molecular weight is 549 g/mol. The van der Waals surface area contributed by atoms with Crippen molar-refractivity contribution < 1.29 is 32.2 Å². The van der Waals surface area contributed by atoms with Crippen molar-refractivity contribution in [2.75, 3.05) is 23.0 Å². The molecule has 0 unspecified atom stereocenters. The van der Waals surface area contributed by atoms with Crippen LogP contribution in [0.5, 0.6) is 5.88 Å².